The molecule has 1 aliphatic heterocycles. The number of aromatic nitrogens is 3. The number of hydrogen-bond donors (Lipinski definition) is 0. The predicted octanol–water partition coefficient (Wildman–Crippen LogP) is 3.75. The van der Waals surface area contributed by atoms with Gasteiger partial charge in [-0.05, 0) is 55.7 Å². The maximum atomic E-state index is 13.4. The number of pyridine rings is 1. The number of piperidine rings is 1. The number of amides is 2. The van der Waals surface area contributed by atoms with Crippen LogP contribution in [0.4, 0.5) is 9.18 Å². The van der Waals surface area contributed by atoms with Crippen LogP contribution in [0.3, 0.4) is 0 Å². The Bertz CT molecular complexity index is 1140. The van der Waals surface area contributed by atoms with Crippen LogP contribution in [0.1, 0.15) is 31.0 Å². The van der Waals surface area contributed by atoms with Gasteiger partial charge in [0.25, 0.3) is 0 Å². The van der Waals surface area contributed by atoms with E-state index in [1.807, 2.05) is 23.1 Å². The Morgan fingerprint density at radius 2 is 1.80 bits per heavy atom. The number of benzene rings is 1. The SMILES string of the molecule is CCOC(=O)N(C)C1CCN(C(=O)Cn2nc(-c3ccncc3)cc2Cc2ccc(F)cc2)CC1. The molecule has 3 heterocycles. The minimum Gasteiger partial charge on any atom is -0.450 e. The van der Waals surface area contributed by atoms with E-state index in [4.69, 9.17) is 9.84 Å². The fourth-order valence-electron chi connectivity index (χ4n) is 4.31. The topological polar surface area (TPSA) is 80.6 Å². The summed E-state index contributed by atoms with van der Waals surface area (Å²) in [5.41, 5.74) is 3.47. The largest absolute Gasteiger partial charge is 0.450 e. The molecular formula is C26H30FN5O3. The van der Waals surface area contributed by atoms with Crippen molar-refractivity contribution in [2.75, 3.05) is 26.7 Å². The molecule has 0 radical (unpaired) electrons. The number of nitrogens with zero attached hydrogens (tertiary/aromatic N) is 5. The summed E-state index contributed by atoms with van der Waals surface area (Å²) in [5.74, 6) is -0.307. The van der Waals surface area contributed by atoms with Crippen LogP contribution in [-0.4, -0.2) is 69.4 Å². The summed E-state index contributed by atoms with van der Waals surface area (Å²) in [7, 11) is 1.74. The molecule has 0 unspecified atom stereocenters. The van der Waals surface area contributed by atoms with Gasteiger partial charge in [0.2, 0.25) is 5.91 Å². The van der Waals surface area contributed by atoms with Crippen molar-refractivity contribution >= 4 is 12.0 Å². The summed E-state index contributed by atoms with van der Waals surface area (Å²) in [6.07, 6.45) is 5.00. The zero-order valence-electron chi connectivity index (χ0n) is 20.1. The smallest absolute Gasteiger partial charge is 0.409 e. The van der Waals surface area contributed by atoms with Crippen molar-refractivity contribution in [2.45, 2.75) is 38.8 Å². The zero-order valence-corrected chi connectivity index (χ0v) is 20.1. The average Bonchev–Trinajstić information content (AvgIpc) is 3.27. The van der Waals surface area contributed by atoms with Crippen LogP contribution in [0.25, 0.3) is 11.3 Å². The first-order valence-electron chi connectivity index (χ1n) is 11.8. The van der Waals surface area contributed by atoms with Crippen LogP contribution >= 0.6 is 0 Å². The first-order chi connectivity index (χ1) is 16.9. The highest BCUT2D eigenvalue weighted by atomic mass is 19.1. The average molecular weight is 480 g/mol. The van der Waals surface area contributed by atoms with Gasteiger partial charge in [0.05, 0.1) is 12.3 Å². The lowest BCUT2D eigenvalue weighted by atomic mass is 10.0. The number of carbonyl (C=O) groups excluding carboxylic acids is 2. The summed E-state index contributed by atoms with van der Waals surface area (Å²) in [6, 6.07) is 12.1. The minimum absolute atomic E-state index is 0.0213. The van der Waals surface area contributed by atoms with E-state index in [0.717, 1.165) is 22.5 Å². The second-order valence-electron chi connectivity index (χ2n) is 8.64. The lowest BCUT2D eigenvalue weighted by Crippen LogP contribution is -2.48. The van der Waals surface area contributed by atoms with Crippen molar-refractivity contribution in [1.82, 2.24) is 24.6 Å². The van der Waals surface area contributed by atoms with Gasteiger partial charge in [-0.2, -0.15) is 5.10 Å². The van der Waals surface area contributed by atoms with Crippen molar-refractivity contribution in [1.29, 1.82) is 0 Å². The summed E-state index contributed by atoms with van der Waals surface area (Å²) < 4.78 is 20.2. The Kier molecular flexibility index (Phi) is 7.74. The molecule has 4 rings (SSSR count). The van der Waals surface area contributed by atoms with Crippen LogP contribution in [0.2, 0.25) is 0 Å². The summed E-state index contributed by atoms with van der Waals surface area (Å²) in [5, 5.41) is 4.71. The molecule has 0 aliphatic carbocycles. The molecule has 8 nitrogen and oxygen atoms in total. The normalized spacial score (nSPS) is 14.1. The van der Waals surface area contributed by atoms with E-state index >= 15 is 0 Å². The van der Waals surface area contributed by atoms with E-state index < -0.39 is 0 Å². The maximum absolute atomic E-state index is 13.4. The first-order valence-corrected chi connectivity index (χ1v) is 11.8. The van der Waals surface area contributed by atoms with Crippen LogP contribution in [0.5, 0.6) is 0 Å². The molecule has 2 amide bonds. The summed E-state index contributed by atoms with van der Waals surface area (Å²) in [4.78, 5) is 32.7. The molecule has 0 N–H and O–H groups in total. The molecule has 9 heteroatoms. The lowest BCUT2D eigenvalue weighted by molar-refractivity contribution is -0.133. The van der Waals surface area contributed by atoms with Gasteiger partial charge in [0.15, 0.2) is 0 Å². The number of rotatable bonds is 7. The van der Waals surface area contributed by atoms with Crippen LogP contribution in [0.15, 0.2) is 54.9 Å². The third-order valence-electron chi connectivity index (χ3n) is 6.34. The molecule has 2 aromatic heterocycles. The predicted molar refractivity (Wildman–Crippen MR) is 129 cm³/mol. The fraction of sp³-hybridized carbons (Fsp3) is 0.385. The van der Waals surface area contributed by atoms with E-state index in [2.05, 4.69) is 4.98 Å². The molecule has 1 fully saturated rings. The molecule has 184 valence electrons. The molecule has 0 bridgehead atoms. The standard InChI is InChI=1S/C26H30FN5O3/c1-3-35-26(34)30(2)22-10-14-31(15-11-22)25(33)18-32-23(16-19-4-6-21(27)7-5-19)17-24(29-32)20-8-12-28-13-9-20/h4-9,12-13,17,22H,3,10-11,14-16,18H2,1-2H3. The van der Waals surface area contributed by atoms with Gasteiger partial charge in [-0.1, -0.05) is 12.1 Å². The van der Waals surface area contributed by atoms with E-state index in [9.17, 15) is 14.0 Å². The monoisotopic (exact) mass is 479 g/mol. The number of ether oxygens (including phenoxy) is 1. The number of halogens is 1. The lowest BCUT2D eigenvalue weighted by Gasteiger charge is -2.36. The first kappa shape index (κ1) is 24.4. The molecular weight excluding hydrogens is 449 g/mol. The van der Waals surface area contributed by atoms with Crippen molar-refractivity contribution < 1.29 is 18.7 Å². The number of likely N-dealkylation sites (tertiary alicyclic amines) is 1. The van der Waals surface area contributed by atoms with Gasteiger partial charge in [-0.3, -0.25) is 14.5 Å². The van der Waals surface area contributed by atoms with Crippen LogP contribution in [0, 0.1) is 5.82 Å². The highest BCUT2D eigenvalue weighted by molar-refractivity contribution is 5.76. The molecule has 0 spiro atoms. The summed E-state index contributed by atoms with van der Waals surface area (Å²) >= 11 is 0. The Morgan fingerprint density at radius 3 is 2.46 bits per heavy atom. The van der Waals surface area contributed by atoms with E-state index in [0.29, 0.717) is 39.0 Å². The van der Waals surface area contributed by atoms with Crippen LogP contribution in [-0.2, 0) is 22.5 Å². The van der Waals surface area contributed by atoms with Crippen molar-refractivity contribution in [3.05, 3.63) is 71.9 Å². The van der Waals surface area contributed by atoms with E-state index in [1.165, 1.54) is 12.1 Å². The Labute approximate surface area is 204 Å². The highest BCUT2D eigenvalue weighted by Gasteiger charge is 2.28. The molecule has 0 saturated carbocycles. The molecule has 35 heavy (non-hydrogen) atoms. The third-order valence-corrected chi connectivity index (χ3v) is 6.34. The highest BCUT2D eigenvalue weighted by Crippen LogP contribution is 2.22. The molecule has 1 aliphatic rings. The Hall–Kier alpha value is -3.75. The van der Waals surface area contributed by atoms with Gasteiger partial charge < -0.3 is 14.5 Å². The van der Waals surface area contributed by atoms with Gasteiger partial charge >= 0.3 is 6.09 Å². The molecule has 1 saturated heterocycles. The van der Waals surface area contributed by atoms with Gasteiger partial charge in [-0.15, -0.1) is 0 Å². The number of carbonyl (C=O) groups is 2. The van der Waals surface area contributed by atoms with Gasteiger partial charge in [0.1, 0.15) is 12.4 Å². The quantitative estimate of drug-likeness (QED) is 0.516. The fourth-order valence-corrected chi connectivity index (χ4v) is 4.31. The Balaban J connectivity index is 1.46. The van der Waals surface area contributed by atoms with Gasteiger partial charge in [-0.25, -0.2) is 9.18 Å². The maximum Gasteiger partial charge on any atom is 0.409 e. The second-order valence-corrected chi connectivity index (χ2v) is 8.64. The molecule has 1 aromatic carbocycles. The van der Waals surface area contributed by atoms with Crippen molar-refractivity contribution in [3.8, 4) is 11.3 Å². The molecule has 3 aromatic rings. The minimum atomic E-state index is -0.331. The van der Waals surface area contributed by atoms with Gasteiger partial charge in [0, 0.05) is 56.3 Å². The Morgan fingerprint density at radius 1 is 1.11 bits per heavy atom. The van der Waals surface area contributed by atoms with E-state index in [-0.39, 0.29) is 30.4 Å². The third kappa shape index (κ3) is 6.03. The zero-order chi connectivity index (χ0) is 24.8. The van der Waals surface area contributed by atoms with Crippen LogP contribution < -0.4 is 0 Å². The number of hydrogen-bond acceptors (Lipinski definition) is 5. The van der Waals surface area contributed by atoms with Crippen molar-refractivity contribution in [3.63, 3.8) is 0 Å². The second kappa shape index (κ2) is 11.1. The summed E-state index contributed by atoms with van der Waals surface area (Å²) in [6.45, 7) is 3.37. The van der Waals surface area contributed by atoms with Crippen molar-refractivity contribution in [2.24, 2.45) is 0 Å². The molecule has 0 atom stereocenters. The van der Waals surface area contributed by atoms with E-state index in [1.54, 1.807) is 48.1 Å².